The monoisotopic (exact) mass is 535 g/mol. The van der Waals surface area contributed by atoms with Gasteiger partial charge < -0.3 is 24.0 Å². The van der Waals surface area contributed by atoms with Crippen LogP contribution < -0.4 is 10.1 Å². The Morgan fingerprint density at radius 2 is 1.85 bits per heavy atom. The van der Waals surface area contributed by atoms with Crippen molar-refractivity contribution in [1.29, 1.82) is 0 Å². The van der Waals surface area contributed by atoms with E-state index in [2.05, 4.69) is 18.9 Å². The second-order valence-electron chi connectivity index (χ2n) is 11.2. The van der Waals surface area contributed by atoms with Gasteiger partial charge in [-0.3, -0.25) is 9.59 Å². The number of amides is 1. The number of rotatable bonds is 8. The molecule has 1 N–H and O–H groups in total. The number of hydrogen-bond donors (Lipinski definition) is 1. The molecule has 208 valence electrons. The summed E-state index contributed by atoms with van der Waals surface area (Å²) in [4.78, 5) is 37.1. The van der Waals surface area contributed by atoms with Gasteiger partial charge in [0.05, 0.1) is 20.1 Å². The van der Waals surface area contributed by atoms with Crippen molar-refractivity contribution in [1.82, 2.24) is 5.32 Å². The molecule has 4 atom stereocenters. The van der Waals surface area contributed by atoms with Crippen LogP contribution in [0.4, 0.5) is 4.79 Å². The molecule has 2 aromatic carbocycles. The molecule has 0 aromatic heterocycles. The van der Waals surface area contributed by atoms with Crippen molar-refractivity contribution in [2.24, 2.45) is 0 Å². The SMILES string of the molecule is C=CC[N@@+]1(C)CC[C@@]2(c3cccc(OC(C)=O)c3)C[C@H](NC(=O)OCc3ccccc3)CCC2(OC(C)=O)C1. The number of alkyl carbamates (subject to hydrolysis) is 1. The van der Waals surface area contributed by atoms with Crippen LogP contribution in [0.2, 0.25) is 0 Å². The van der Waals surface area contributed by atoms with Crippen molar-refractivity contribution in [3.05, 3.63) is 78.4 Å². The first kappa shape index (κ1) is 28.4. The summed E-state index contributed by atoms with van der Waals surface area (Å²) in [6.45, 7) is 9.15. The number of ether oxygens (including phenoxy) is 3. The van der Waals surface area contributed by atoms with Crippen molar-refractivity contribution in [2.45, 2.75) is 63.2 Å². The summed E-state index contributed by atoms with van der Waals surface area (Å²) < 4.78 is 18.0. The van der Waals surface area contributed by atoms with E-state index in [9.17, 15) is 14.4 Å². The van der Waals surface area contributed by atoms with E-state index < -0.39 is 23.1 Å². The molecular weight excluding hydrogens is 496 g/mol. The fraction of sp³-hybridized carbons (Fsp3) is 0.452. The molecule has 8 nitrogen and oxygen atoms in total. The highest BCUT2D eigenvalue weighted by atomic mass is 16.6. The van der Waals surface area contributed by atoms with Gasteiger partial charge in [0.15, 0.2) is 5.60 Å². The number of nitrogens with zero attached hydrogens (tertiary/aromatic N) is 1. The Morgan fingerprint density at radius 1 is 1.08 bits per heavy atom. The Bertz CT molecular complexity index is 1220. The molecule has 1 aliphatic carbocycles. The lowest BCUT2D eigenvalue weighted by Gasteiger charge is -2.60. The summed E-state index contributed by atoms with van der Waals surface area (Å²) in [7, 11) is 2.16. The Kier molecular flexibility index (Phi) is 8.45. The Labute approximate surface area is 230 Å². The lowest BCUT2D eigenvalue weighted by atomic mass is 9.54. The van der Waals surface area contributed by atoms with Crippen LogP contribution >= 0.6 is 0 Å². The van der Waals surface area contributed by atoms with E-state index in [0.717, 1.165) is 24.2 Å². The molecule has 2 aromatic rings. The molecule has 0 radical (unpaired) electrons. The third kappa shape index (κ3) is 6.33. The largest absolute Gasteiger partial charge is 0.452 e. The van der Waals surface area contributed by atoms with Gasteiger partial charge in [0, 0.05) is 31.7 Å². The minimum atomic E-state index is -0.810. The van der Waals surface area contributed by atoms with Gasteiger partial charge in [0.2, 0.25) is 0 Å². The molecule has 1 saturated heterocycles. The summed E-state index contributed by atoms with van der Waals surface area (Å²) in [5.41, 5.74) is 0.422. The summed E-state index contributed by atoms with van der Waals surface area (Å²) >= 11 is 0. The summed E-state index contributed by atoms with van der Waals surface area (Å²) in [6.07, 6.45) is 3.90. The third-order valence-corrected chi connectivity index (χ3v) is 8.17. The number of carbonyl (C=O) groups excluding carboxylic acids is 3. The minimum Gasteiger partial charge on any atom is -0.452 e. The number of likely N-dealkylation sites (N-methyl/N-ethyl adjacent to an activating group) is 1. The Morgan fingerprint density at radius 3 is 2.54 bits per heavy atom. The average molecular weight is 536 g/mol. The van der Waals surface area contributed by atoms with Crippen LogP contribution in [0, 0.1) is 0 Å². The fourth-order valence-electron chi connectivity index (χ4n) is 6.60. The van der Waals surface area contributed by atoms with E-state index in [1.54, 1.807) is 6.07 Å². The predicted octanol–water partition coefficient (Wildman–Crippen LogP) is 4.67. The van der Waals surface area contributed by atoms with Gasteiger partial charge in [-0.1, -0.05) is 49.0 Å². The maximum Gasteiger partial charge on any atom is 0.407 e. The second-order valence-corrected chi connectivity index (χ2v) is 11.2. The van der Waals surface area contributed by atoms with E-state index in [0.29, 0.717) is 42.5 Å². The predicted molar refractivity (Wildman–Crippen MR) is 147 cm³/mol. The summed E-state index contributed by atoms with van der Waals surface area (Å²) in [5.74, 6) is -0.298. The molecule has 1 amide bonds. The number of quaternary nitrogens is 1. The number of esters is 2. The molecule has 1 unspecified atom stereocenters. The zero-order chi connectivity index (χ0) is 28.1. The molecule has 39 heavy (non-hydrogen) atoms. The molecule has 8 heteroatoms. The van der Waals surface area contributed by atoms with Crippen molar-refractivity contribution in [3.8, 4) is 5.75 Å². The van der Waals surface area contributed by atoms with Crippen LogP contribution in [0.3, 0.4) is 0 Å². The number of piperidine rings is 1. The zero-order valence-corrected chi connectivity index (χ0v) is 23.1. The number of fused-ring (bicyclic) bond motifs is 1. The van der Waals surface area contributed by atoms with Crippen LogP contribution in [0.1, 0.15) is 50.7 Å². The molecule has 0 spiro atoms. The first-order valence-corrected chi connectivity index (χ1v) is 13.5. The molecule has 1 heterocycles. The lowest BCUT2D eigenvalue weighted by Crippen LogP contribution is -2.72. The van der Waals surface area contributed by atoms with Crippen LogP contribution in [0.15, 0.2) is 67.3 Å². The van der Waals surface area contributed by atoms with Crippen molar-refractivity contribution in [3.63, 3.8) is 0 Å². The molecular formula is C31H39N2O6+. The van der Waals surface area contributed by atoms with E-state index in [4.69, 9.17) is 14.2 Å². The first-order valence-electron chi connectivity index (χ1n) is 13.5. The fourth-order valence-corrected chi connectivity index (χ4v) is 6.60. The zero-order valence-electron chi connectivity index (χ0n) is 23.1. The molecule has 0 bridgehead atoms. The number of likely N-dealkylation sites (tertiary alicyclic amines) is 1. The lowest BCUT2D eigenvalue weighted by molar-refractivity contribution is -0.917. The maximum absolute atomic E-state index is 12.8. The Hall–Kier alpha value is -3.65. The molecule has 2 fully saturated rings. The van der Waals surface area contributed by atoms with E-state index in [-0.39, 0.29) is 18.6 Å². The quantitative estimate of drug-likeness (QED) is 0.229. The Balaban J connectivity index is 1.67. The topological polar surface area (TPSA) is 90.9 Å². The number of hydrogen-bond acceptors (Lipinski definition) is 6. The normalized spacial score (nSPS) is 27.9. The van der Waals surface area contributed by atoms with Crippen LogP contribution in [0.5, 0.6) is 5.75 Å². The molecule has 1 aliphatic heterocycles. The number of benzene rings is 2. The smallest absolute Gasteiger partial charge is 0.407 e. The van der Waals surface area contributed by atoms with Gasteiger partial charge in [-0.15, -0.1) is 0 Å². The minimum absolute atomic E-state index is 0.184. The van der Waals surface area contributed by atoms with Crippen molar-refractivity contribution in [2.75, 3.05) is 26.7 Å². The molecule has 2 aliphatic rings. The number of nitrogens with one attached hydrogen (secondary N) is 1. The second kappa shape index (κ2) is 11.6. The van der Waals surface area contributed by atoms with Gasteiger partial charge in [-0.2, -0.15) is 0 Å². The summed E-state index contributed by atoms with van der Waals surface area (Å²) in [6, 6.07) is 16.8. The highest BCUT2D eigenvalue weighted by Gasteiger charge is 2.64. The first-order chi connectivity index (χ1) is 18.6. The van der Waals surface area contributed by atoms with Gasteiger partial charge >= 0.3 is 18.0 Å². The van der Waals surface area contributed by atoms with Crippen LogP contribution in [-0.2, 0) is 31.1 Å². The average Bonchev–Trinajstić information content (AvgIpc) is 2.88. The van der Waals surface area contributed by atoms with Crippen LogP contribution in [-0.4, -0.2) is 60.8 Å². The van der Waals surface area contributed by atoms with E-state index in [1.807, 2.05) is 54.6 Å². The third-order valence-electron chi connectivity index (χ3n) is 8.17. The summed E-state index contributed by atoms with van der Waals surface area (Å²) in [5, 5.41) is 3.07. The highest BCUT2D eigenvalue weighted by Crippen LogP contribution is 2.55. The number of carbonyl (C=O) groups is 3. The highest BCUT2D eigenvalue weighted by molar-refractivity contribution is 5.70. The van der Waals surface area contributed by atoms with Gasteiger partial charge in [-0.05, 0) is 48.6 Å². The molecule has 1 saturated carbocycles. The van der Waals surface area contributed by atoms with Crippen LogP contribution in [0.25, 0.3) is 0 Å². The van der Waals surface area contributed by atoms with Gasteiger partial charge in [-0.25, -0.2) is 4.79 Å². The molecule has 4 rings (SSSR count). The van der Waals surface area contributed by atoms with Crippen molar-refractivity contribution >= 4 is 18.0 Å². The van der Waals surface area contributed by atoms with E-state index >= 15 is 0 Å². The van der Waals surface area contributed by atoms with E-state index in [1.165, 1.54) is 13.8 Å². The van der Waals surface area contributed by atoms with Gasteiger partial charge in [0.25, 0.3) is 0 Å². The maximum atomic E-state index is 12.8. The standard InChI is InChI=1S/C31H38N2O6/c1-5-17-33(4)18-16-30(26-12-9-13-28(19-26)38-23(2)34)20-27(14-15-31(30,22-33)39-24(3)35)32-29(36)37-21-25-10-7-6-8-11-25/h5-13,19,27H,1,14-18,20-22H2,2-4H3/p+1/t27-,30+,31?,33+/m1/s1. The van der Waals surface area contributed by atoms with Crippen molar-refractivity contribution < 1.29 is 33.1 Å². The van der Waals surface area contributed by atoms with Gasteiger partial charge in [0.1, 0.15) is 18.9 Å².